The molecule has 0 amide bonds. The molecule has 0 radical (unpaired) electrons. The van der Waals surface area contributed by atoms with Crippen molar-refractivity contribution in [2.24, 2.45) is 0 Å². The first-order valence-corrected chi connectivity index (χ1v) is 7.44. The van der Waals surface area contributed by atoms with E-state index in [1.807, 2.05) is 11.9 Å². The maximum absolute atomic E-state index is 12.6. The lowest BCUT2D eigenvalue weighted by Crippen LogP contribution is -2.47. The van der Waals surface area contributed by atoms with Crippen LogP contribution < -0.4 is 10.2 Å². The molecule has 0 aromatic carbocycles. The monoisotopic (exact) mass is 319 g/mol. The van der Waals surface area contributed by atoms with Gasteiger partial charge in [-0.3, -0.25) is 0 Å². The van der Waals surface area contributed by atoms with Crippen molar-refractivity contribution in [3.63, 3.8) is 0 Å². The Morgan fingerprint density at radius 2 is 1.90 bits per heavy atom. The van der Waals surface area contributed by atoms with Crippen LogP contribution in [0.15, 0.2) is 12.3 Å². The van der Waals surface area contributed by atoms with Gasteiger partial charge in [-0.15, -0.1) is 0 Å². The molecule has 1 N–H and O–H groups in total. The van der Waals surface area contributed by atoms with E-state index in [0.717, 1.165) is 25.1 Å². The van der Waals surface area contributed by atoms with E-state index >= 15 is 0 Å². The number of halogens is 4. The molecule has 116 valence electrons. The van der Waals surface area contributed by atoms with Gasteiger partial charge < -0.3 is 10.2 Å². The number of hydrogen-bond acceptors (Lipinski definition) is 3. The molecule has 1 aromatic rings. The van der Waals surface area contributed by atoms with Crippen LogP contribution in [0.3, 0.4) is 0 Å². The van der Waals surface area contributed by atoms with Crippen LogP contribution in [0.25, 0.3) is 0 Å². The number of pyridine rings is 1. The van der Waals surface area contributed by atoms with Gasteiger partial charge in [-0.05, 0) is 31.7 Å². The van der Waals surface area contributed by atoms with Gasteiger partial charge >= 0.3 is 6.18 Å². The molecule has 2 aliphatic rings. The number of nitrogens with zero attached hydrogens (tertiary/aromatic N) is 2. The molecule has 0 aliphatic carbocycles. The van der Waals surface area contributed by atoms with Crippen molar-refractivity contribution in [2.45, 2.75) is 50.0 Å². The second kappa shape index (κ2) is 5.32. The summed E-state index contributed by atoms with van der Waals surface area (Å²) in [5.41, 5.74) is -0.810. The highest BCUT2D eigenvalue weighted by atomic mass is 35.5. The molecule has 2 bridgehead atoms. The van der Waals surface area contributed by atoms with Crippen molar-refractivity contribution in [3.05, 3.63) is 22.8 Å². The molecule has 2 saturated heterocycles. The minimum Gasteiger partial charge on any atom is -0.355 e. The van der Waals surface area contributed by atoms with E-state index in [-0.39, 0.29) is 11.1 Å². The van der Waals surface area contributed by atoms with Gasteiger partial charge in [0.15, 0.2) is 0 Å². The molecule has 3 nitrogen and oxygen atoms in total. The van der Waals surface area contributed by atoms with Crippen LogP contribution in [0.5, 0.6) is 0 Å². The lowest BCUT2D eigenvalue weighted by molar-refractivity contribution is -0.137. The highest BCUT2D eigenvalue weighted by Gasteiger charge is 2.36. The van der Waals surface area contributed by atoms with E-state index in [2.05, 4.69) is 10.3 Å². The summed E-state index contributed by atoms with van der Waals surface area (Å²) >= 11 is 6.02. The van der Waals surface area contributed by atoms with Gasteiger partial charge in [0.2, 0.25) is 0 Å². The first-order valence-electron chi connectivity index (χ1n) is 7.06. The Morgan fingerprint density at radius 3 is 2.43 bits per heavy atom. The maximum Gasteiger partial charge on any atom is 0.417 e. The van der Waals surface area contributed by atoms with E-state index < -0.39 is 11.7 Å². The number of alkyl halides is 3. The highest BCUT2D eigenvalue weighted by molar-refractivity contribution is 6.33. The molecule has 3 rings (SSSR count). The second-order valence-corrected chi connectivity index (χ2v) is 6.31. The van der Waals surface area contributed by atoms with Crippen LogP contribution in [0, 0.1) is 0 Å². The van der Waals surface area contributed by atoms with Crippen molar-refractivity contribution in [1.82, 2.24) is 10.3 Å². The molecule has 1 aromatic heterocycles. The lowest BCUT2D eigenvalue weighted by atomic mass is 9.98. The van der Waals surface area contributed by atoms with E-state index in [1.54, 1.807) is 0 Å². The van der Waals surface area contributed by atoms with E-state index in [0.29, 0.717) is 17.9 Å². The van der Waals surface area contributed by atoms with Crippen LogP contribution in [-0.2, 0) is 6.18 Å². The van der Waals surface area contributed by atoms with Gasteiger partial charge in [0.1, 0.15) is 5.82 Å². The van der Waals surface area contributed by atoms with Crippen molar-refractivity contribution < 1.29 is 13.2 Å². The Bertz CT molecular complexity index is 523. The summed E-state index contributed by atoms with van der Waals surface area (Å²) < 4.78 is 37.9. The zero-order valence-electron chi connectivity index (χ0n) is 11.6. The third-order valence-corrected chi connectivity index (χ3v) is 4.76. The van der Waals surface area contributed by atoms with E-state index in [1.165, 1.54) is 12.8 Å². The third-order valence-electron chi connectivity index (χ3n) is 4.48. The number of aromatic nitrogens is 1. The van der Waals surface area contributed by atoms with Gasteiger partial charge in [0.05, 0.1) is 10.6 Å². The third kappa shape index (κ3) is 2.97. The number of fused-ring (bicyclic) bond motifs is 2. The molecule has 3 heterocycles. The average molecular weight is 320 g/mol. The van der Waals surface area contributed by atoms with Crippen LogP contribution in [-0.4, -0.2) is 30.2 Å². The molecule has 0 spiro atoms. The zero-order chi connectivity index (χ0) is 15.2. The van der Waals surface area contributed by atoms with Gasteiger partial charge in [-0.25, -0.2) is 4.98 Å². The van der Waals surface area contributed by atoms with Gasteiger partial charge in [-0.2, -0.15) is 13.2 Å². The molecule has 2 unspecified atom stereocenters. The predicted octanol–water partition coefficient (Wildman–Crippen LogP) is 3.47. The Kier molecular flexibility index (Phi) is 3.78. The maximum atomic E-state index is 12.6. The molecular formula is C14H17ClF3N3. The summed E-state index contributed by atoms with van der Waals surface area (Å²) in [6.45, 7) is 0. The fraction of sp³-hybridized carbons (Fsp3) is 0.643. The summed E-state index contributed by atoms with van der Waals surface area (Å²) in [5, 5.41) is 3.60. The largest absolute Gasteiger partial charge is 0.417 e. The summed E-state index contributed by atoms with van der Waals surface area (Å²) in [4.78, 5) is 5.87. The van der Waals surface area contributed by atoms with Crippen molar-refractivity contribution in [3.8, 4) is 0 Å². The fourth-order valence-corrected chi connectivity index (χ4v) is 3.66. The Hall–Kier alpha value is -1.01. The van der Waals surface area contributed by atoms with Crippen LogP contribution in [0.1, 0.15) is 31.2 Å². The topological polar surface area (TPSA) is 28.2 Å². The number of piperidine rings is 1. The van der Waals surface area contributed by atoms with E-state index in [4.69, 9.17) is 11.6 Å². The standard InChI is InChI=1S/C14H17ClF3N3/c1-21(11-5-9-2-3-10(6-11)20-9)13-12(15)4-8(7-19-13)14(16,17)18/h4,7,9-11,20H,2-3,5-6H2,1H3. The number of hydrogen-bond donors (Lipinski definition) is 1. The minimum atomic E-state index is -4.42. The smallest absolute Gasteiger partial charge is 0.355 e. The van der Waals surface area contributed by atoms with Crippen molar-refractivity contribution in [1.29, 1.82) is 0 Å². The van der Waals surface area contributed by atoms with Crippen LogP contribution in [0.4, 0.5) is 19.0 Å². The Balaban J connectivity index is 1.80. The van der Waals surface area contributed by atoms with Crippen molar-refractivity contribution in [2.75, 3.05) is 11.9 Å². The van der Waals surface area contributed by atoms with Crippen molar-refractivity contribution >= 4 is 17.4 Å². The SMILES string of the molecule is CN(c1ncc(C(F)(F)F)cc1Cl)C1CC2CCC(C1)N2. The highest BCUT2D eigenvalue weighted by Crippen LogP contribution is 2.36. The number of rotatable bonds is 2. The normalized spacial score (nSPS) is 28.7. The fourth-order valence-electron chi connectivity index (χ4n) is 3.36. The summed E-state index contributed by atoms with van der Waals surface area (Å²) in [5.74, 6) is 0.427. The minimum absolute atomic E-state index is 0.0539. The number of anilines is 1. The summed E-state index contributed by atoms with van der Waals surface area (Å²) in [7, 11) is 1.86. The second-order valence-electron chi connectivity index (χ2n) is 5.90. The van der Waals surface area contributed by atoms with Crippen LogP contribution >= 0.6 is 11.6 Å². The summed E-state index contributed by atoms with van der Waals surface area (Å²) in [6.07, 6.45) is 0.736. The molecular weight excluding hydrogens is 303 g/mol. The summed E-state index contributed by atoms with van der Waals surface area (Å²) in [6, 6.07) is 2.23. The Labute approximate surface area is 126 Å². The van der Waals surface area contributed by atoms with Gasteiger partial charge in [-0.1, -0.05) is 11.6 Å². The average Bonchev–Trinajstić information content (AvgIpc) is 2.75. The molecule has 2 fully saturated rings. The first-order chi connectivity index (χ1) is 9.84. The van der Waals surface area contributed by atoms with E-state index in [9.17, 15) is 13.2 Å². The van der Waals surface area contributed by atoms with Gasteiger partial charge in [0, 0.05) is 31.4 Å². The molecule has 7 heteroatoms. The molecule has 21 heavy (non-hydrogen) atoms. The molecule has 2 atom stereocenters. The lowest BCUT2D eigenvalue weighted by Gasteiger charge is -2.36. The van der Waals surface area contributed by atoms with Crippen LogP contribution in [0.2, 0.25) is 5.02 Å². The predicted molar refractivity (Wildman–Crippen MR) is 75.6 cm³/mol. The first kappa shape index (κ1) is 14.9. The zero-order valence-corrected chi connectivity index (χ0v) is 12.4. The Morgan fingerprint density at radius 1 is 1.29 bits per heavy atom. The van der Waals surface area contributed by atoms with Gasteiger partial charge in [0.25, 0.3) is 0 Å². The number of nitrogens with one attached hydrogen (secondary N) is 1. The molecule has 2 aliphatic heterocycles. The quantitative estimate of drug-likeness (QED) is 0.904. The molecule has 0 saturated carbocycles.